The van der Waals surface area contributed by atoms with Gasteiger partial charge in [0, 0.05) is 57.6 Å². The molecule has 2 aliphatic rings. The van der Waals surface area contributed by atoms with E-state index in [9.17, 15) is 14.0 Å². The highest BCUT2D eigenvalue weighted by Crippen LogP contribution is 2.47. The van der Waals surface area contributed by atoms with Gasteiger partial charge in [-0.3, -0.25) is 19.5 Å². The van der Waals surface area contributed by atoms with Crippen molar-refractivity contribution in [2.45, 2.75) is 19.3 Å². The van der Waals surface area contributed by atoms with Crippen LogP contribution in [-0.4, -0.2) is 68.3 Å². The van der Waals surface area contributed by atoms with E-state index < -0.39 is 28.9 Å². The zero-order valence-electron chi connectivity index (χ0n) is 25.3. The third kappa shape index (κ3) is 7.03. The van der Waals surface area contributed by atoms with E-state index in [4.69, 9.17) is 18.9 Å². The first kappa shape index (κ1) is 31.2. The number of ether oxygens (including phenoxy) is 4. The number of nitrogens with one attached hydrogen (secondary N) is 2. The van der Waals surface area contributed by atoms with Crippen molar-refractivity contribution in [3.05, 3.63) is 78.5 Å². The minimum Gasteiger partial charge on any atom is -0.493 e. The van der Waals surface area contributed by atoms with E-state index in [0.29, 0.717) is 53.3 Å². The zero-order valence-corrected chi connectivity index (χ0v) is 25.3. The molecule has 2 amide bonds. The number of nitrogens with zero attached hydrogens (tertiary/aromatic N) is 2. The van der Waals surface area contributed by atoms with E-state index >= 15 is 4.39 Å². The van der Waals surface area contributed by atoms with E-state index in [1.807, 2.05) is 0 Å². The van der Waals surface area contributed by atoms with Gasteiger partial charge < -0.3 is 29.6 Å². The maximum atomic E-state index is 15.2. The molecule has 0 bridgehead atoms. The highest BCUT2D eigenvalue weighted by molar-refractivity contribution is 6.16. The molecule has 1 aliphatic heterocycles. The summed E-state index contributed by atoms with van der Waals surface area (Å²) in [6, 6.07) is 14.4. The molecule has 12 heteroatoms. The van der Waals surface area contributed by atoms with Gasteiger partial charge in [-0.15, -0.1) is 0 Å². The summed E-state index contributed by atoms with van der Waals surface area (Å²) >= 11 is 0. The SMILES string of the molecule is COc1cc2c(Oc3ccc(NC(=O)C4(C(=O)Nc5ccc(F)cc5)CC4)cc3F)ccnc2cc1OCCCN1CCOCC1.[HH].[HH]. The Balaban J connectivity index is 0.00000260. The number of hydrogen-bond acceptors (Lipinski definition) is 8. The molecule has 244 valence electrons. The van der Waals surface area contributed by atoms with Gasteiger partial charge in [0.2, 0.25) is 11.8 Å². The molecule has 2 N–H and O–H groups in total. The first-order valence-electron chi connectivity index (χ1n) is 15.1. The Bertz CT molecular complexity index is 1740. The Morgan fingerprint density at radius 3 is 2.33 bits per heavy atom. The van der Waals surface area contributed by atoms with Crippen LogP contribution in [0.4, 0.5) is 20.2 Å². The van der Waals surface area contributed by atoms with Crippen LogP contribution < -0.4 is 24.8 Å². The molecule has 46 heavy (non-hydrogen) atoms. The van der Waals surface area contributed by atoms with Gasteiger partial charge in [-0.1, -0.05) is 0 Å². The van der Waals surface area contributed by atoms with Crippen molar-refractivity contribution < 1.29 is 40.2 Å². The summed E-state index contributed by atoms with van der Waals surface area (Å²) in [6.07, 6.45) is 3.09. The standard InChI is InChI=1S/C34H34F2N4O6.2H2/c1-43-30-20-25-27(21-31(30)45-16-2-13-40-14-17-44-18-15-40)37-12-9-28(25)46-29-8-7-24(19-26(29)36)39-33(42)34(10-11-34)32(41)38-23-5-3-22(35)4-6-23;;/h3-9,12,19-21H,2,10-11,13-18H2,1H3,(H,38,41)(H,39,42);2*1H. The van der Waals surface area contributed by atoms with Crippen LogP contribution in [0, 0.1) is 17.0 Å². The molecule has 0 unspecified atom stereocenters. The molecular weight excluding hydrogens is 598 g/mol. The van der Waals surface area contributed by atoms with Crippen LogP contribution in [0.5, 0.6) is 23.0 Å². The molecule has 1 aliphatic carbocycles. The largest absolute Gasteiger partial charge is 0.493 e. The monoisotopic (exact) mass is 636 g/mol. The molecule has 10 nitrogen and oxygen atoms in total. The fourth-order valence-electron chi connectivity index (χ4n) is 5.28. The molecule has 3 aromatic carbocycles. The number of rotatable bonds is 12. The summed E-state index contributed by atoms with van der Waals surface area (Å²) in [4.78, 5) is 32.7. The molecule has 6 rings (SSSR count). The van der Waals surface area contributed by atoms with Gasteiger partial charge in [0.25, 0.3) is 0 Å². The number of halogens is 2. The van der Waals surface area contributed by atoms with Crippen molar-refractivity contribution in [2.24, 2.45) is 5.41 Å². The Hall–Kier alpha value is -4.81. The minimum absolute atomic E-state index is 0. The predicted molar refractivity (Wildman–Crippen MR) is 172 cm³/mol. The number of pyridine rings is 1. The predicted octanol–water partition coefficient (Wildman–Crippen LogP) is 6.26. The minimum atomic E-state index is -1.28. The lowest BCUT2D eigenvalue weighted by atomic mass is 10.0. The van der Waals surface area contributed by atoms with Crippen LogP contribution in [0.25, 0.3) is 10.9 Å². The maximum Gasteiger partial charge on any atom is 0.240 e. The van der Waals surface area contributed by atoms with Crippen LogP contribution >= 0.6 is 0 Å². The topological polar surface area (TPSA) is 111 Å². The third-order valence-corrected chi connectivity index (χ3v) is 8.10. The van der Waals surface area contributed by atoms with Crippen molar-refractivity contribution in [1.29, 1.82) is 0 Å². The molecular formula is C34H38F2N4O6. The van der Waals surface area contributed by atoms with Crippen LogP contribution in [0.15, 0.2) is 66.9 Å². The number of amides is 2. The van der Waals surface area contributed by atoms with Crippen LogP contribution in [0.3, 0.4) is 0 Å². The van der Waals surface area contributed by atoms with Gasteiger partial charge in [-0.2, -0.15) is 0 Å². The first-order chi connectivity index (χ1) is 22.3. The number of fused-ring (bicyclic) bond motifs is 1. The summed E-state index contributed by atoms with van der Waals surface area (Å²) in [5.41, 5.74) is -0.144. The number of benzene rings is 3. The third-order valence-electron chi connectivity index (χ3n) is 8.10. The van der Waals surface area contributed by atoms with E-state index in [1.165, 1.54) is 36.4 Å². The number of carbonyl (C=O) groups excluding carboxylic acids is 2. The number of hydrogen-bond donors (Lipinski definition) is 2. The highest BCUT2D eigenvalue weighted by atomic mass is 19.1. The van der Waals surface area contributed by atoms with Gasteiger partial charge in [0.15, 0.2) is 23.1 Å². The first-order valence-corrected chi connectivity index (χ1v) is 15.1. The lowest BCUT2D eigenvalue weighted by molar-refractivity contribution is -0.131. The van der Waals surface area contributed by atoms with E-state index in [-0.39, 0.29) is 14.3 Å². The second kappa shape index (κ2) is 13.7. The Morgan fingerprint density at radius 2 is 1.63 bits per heavy atom. The van der Waals surface area contributed by atoms with Gasteiger partial charge in [-0.25, -0.2) is 8.78 Å². The van der Waals surface area contributed by atoms with Gasteiger partial charge >= 0.3 is 0 Å². The summed E-state index contributed by atoms with van der Waals surface area (Å²) in [5.74, 6) is -0.871. The number of morpholine rings is 1. The lowest BCUT2D eigenvalue weighted by Gasteiger charge is -2.26. The Kier molecular flexibility index (Phi) is 9.27. The second-order valence-electron chi connectivity index (χ2n) is 11.2. The lowest BCUT2D eigenvalue weighted by Crippen LogP contribution is -2.37. The zero-order chi connectivity index (χ0) is 32.1. The molecule has 1 saturated heterocycles. The van der Waals surface area contributed by atoms with Gasteiger partial charge in [-0.05, 0) is 67.8 Å². The Morgan fingerprint density at radius 1 is 0.913 bits per heavy atom. The number of methoxy groups -OCH3 is 1. The molecule has 2 fully saturated rings. The molecule has 2 heterocycles. The molecule has 4 aromatic rings. The molecule has 0 spiro atoms. The van der Waals surface area contributed by atoms with Gasteiger partial charge in [0.05, 0.1) is 32.4 Å². The van der Waals surface area contributed by atoms with Crippen LogP contribution in [0.2, 0.25) is 0 Å². The average molecular weight is 637 g/mol. The normalized spacial score (nSPS) is 15.6. The summed E-state index contributed by atoms with van der Waals surface area (Å²) in [7, 11) is 1.55. The maximum absolute atomic E-state index is 15.2. The Labute approximate surface area is 267 Å². The quantitative estimate of drug-likeness (QED) is 0.138. The smallest absolute Gasteiger partial charge is 0.240 e. The average Bonchev–Trinajstić information content (AvgIpc) is 3.88. The van der Waals surface area contributed by atoms with E-state index in [0.717, 1.165) is 45.3 Å². The molecule has 0 radical (unpaired) electrons. The molecule has 1 saturated carbocycles. The molecule has 1 aromatic heterocycles. The fourth-order valence-corrected chi connectivity index (χ4v) is 5.28. The summed E-state index contributed by atoms with van der Waals surface area (Å²) < 4.78 is 51.4. The summed E-state index contributed by atoms with van der Waals surface area (Å²) in [5, 5.41) is 5.89. The number of anilines is 2. The van der Waals surface area contributed by atoms with Crippen LogP contribution in [-0.2, 0) is 14.3 Å². The van der Waals surface area contributed by atoms with E-state index in [1.54, 1.807) is 31.5 Å². The van der Waals surface area contributed by atoms with Gasteiger partial charge in [0.1, 0.15) is 17.0 Å². The fraction of sp³-hybridized carbons (Fsp3) is 0.324. The second-order valence-corrected chi connectivity index (χ2v) is 11.2. The van der Waals surface area contributed by atoms with Crippen molar-refractivity contribution in [2.75, 3.05) is 57.2 Å². The highest BCUT2D eigenvalue weighted by Gasteiger charge is 2.56. The number of aromatic nitrogens is 1. The van der Waals surface area contributed by atoms with Crippen molar-refractivity contribution in [1.82, 2.24) is 9.88 Å². The van der Waals surface area contributed by atoms with Crippen molar-refractivity contribution in [3.8, 4) is 23.0 Å². The molecule has 0 atom stereocenters. The van der Waals surface area contributed by atoms with Crippen molar-refractivity contribution >= 4 is 34.1 Å². The van der Waals surface area contributed by atoms with Crippen LogP contribution in [0.1, 0.15) is 22.1 Å². The van der Waals surface area contributed by atoms with Crippen molar-refractivity contribution in [3.63, 3.8) is 0 Å². The number of carbonyl (C=O) groups is 2. The summed E-state index contributed by atoms with van der Waals surface area (Å²) in [6.45, 7) is 4.76. The van der Waals surface area contributed by atoms with E-state index in [2.05, 4.69) is 20.5 Å².